The minimum Gasteiger partial charge on any atom is -0.320 e. The number of aromatic nitrogens is 2. The molecule has 0 bridgehead atoms. The number of Topliss-reactive ketones (excluding diaryl/α,β-unsaturated/α-hetero) is 1. The molecule has 1 heterocycles. The molecule has 1 N–H and O–H groups in total. The van der Waals surface area contributed by atoms with Crippen molar-refractivity contribution in [3.8, 4) is 5.69 Å². The van der Waals surface area contributed by atoms with Gasteiger partial charge in [0, 0.05) is 23.0 Å². The fourth-order valence-electron chi connectivity index (χ4n) is 2.55. The maximum atomic E-state index is 14.1. The van der Waals surface area contributed by atoms with Crippen LogP contribution in [-0.4, -0.2) is 21.5 Å². The average molecular weight is 365 g/mol. The SMILES string of the molecule is CC(=O)c1ccc(NC(=O)c2nn(-c3ccccc3F)c(C)cc2=O)cc1. The zero-order chi connectivity index (χ0) is 19.6. The summed E-state index contributed by atoms with van der Waals surface area (Å²) in [5.74, 6) is -1.34. The summed E-state index contributed by atoms with van der Waals surface area (Å²) in [7, 11) is 0. The van der Waals surface area contributed by atoms with Gasteiger partial charge in [0.15, 0.2) is 11.5 Å². The van der Waals surface area contributed by atoms with Crippen molar-refractivity contribution < 1.29 is 14.0 Å². The third-order valence-corrected chi connectivity index (χ3v) is 3.95. The standard InChI is InChI=1S/C20H16FN3O3/c1-12-11-18(26)19(23-24(12)17-6-4-3-5-16(17)21)20(27)22-15-9-7-14(8-10-15)13(2)25/h3-11H,1-2H3,(H,22,27). The van der Waals surface area contributed by atoms with E-state index in [1.807, 2.05) is 0 Å². The number of aryl methyl sites for hydroxylation is 1. The average Bonchev–Trinajstić information content (AvgIpc) is 2.63. The predicted octanol–water partition coefficient (Wildman–Crippen LogP) is 3.13. The molecule has 0 unspecified atom stereocenters. The van der Waals surface area contributed by atoms with Crippen LogP contribution in [0.15, 0.2) is 59.4 Å². The second-order valence-corrected chi connectivity index (χ2v) is 5.95. The zero-order valence-electron chi connectivity index (χ0n) is 14.7. The molecule has 6 nitrogen and oxygen atoms in total. The third-order valence-electron chi connectivity index (χ3n) is 3.95. The smallest absolute Gasteiger partial charge is 0.280 e. The summed E-state index contributed by atoms with van der Waals surface area (Å²) in [5, 5.41) is 6.60. The minimum atomic E-state index is -0.722. The fourth-order valence-corrected chi connectivity index (χ4v) is 2.55. The molecule has 0 radical (unpaired) electrons. The lowest BCUT2D eigenvalue weighted by molar-refractivity contribution is 0.101. The van der Waals surface area contributed by atoms with Crippen LogP contribution in [0.5, 0.6) is 0 Å². The van der Waals surface area contributed by atoms with Crippen LogP contribution in [0.1, 0.15) is 33.5 Å². The minimum absolute atomic E-state index is 0.0964. The monoisotopic (exact) mass is 365 g/mol. The molecule has 3 rings (SSSR count). The van der Waals surface area contributed by atoms with Crippen LogP contribution < -0.4 is 10.7 Å². The molecule has 0 saturated heterocycles. The summed E-state index contributed by atoms with van der Waals surface area (Å²) in [6, 6.07) is 13.4. The molecule has 0 aliphatic carbocycles. The van der Waals surface area contributed by atoms with Gasteiger partial charge in [0.1, 0.15) is 11.5 Å². The van der Waals surface area contributed by atoms with Gasteiger partial charge in [-0.1, -0.05) is 12.1 Å². The number of para-hydroxylation sites is 1. The molecule has 0 spiro atoms. The van der Waals surface area contributed by atoms with Crippen molar-refractivity contribution >= 4 is 17.4 Å². The quantitative estimate of drug-likeness (QED) is 0.720. The maximum Gasteiger partial charge on any atom is 0.280 e. The van der Waals surface area contributed by atoms with Gasteiger partial charge in [0.2, 0.25) is 5.43 Å². The first-order valence-electron chi connectivity index (χ1n) is 8.15. The highest BCUT2D eigenvalue weighted by atomic mass is 19.1. The van der Waals surface area contributed by atoms with Crippen LogP contribution in [0, 0.1) is 12.7 Å². The molecular formula is C20H16FN3O3. The van der Waals surface area contributed by atoms with Crippen molar-refractivity contribution in [3.05, 3.63) is 87.6 Å². The molecule has 27 heavy (non-hydrogen) atoms. The molecule has 1 aromatic heterocycles. The van der Waals surface area contributed by atoms with Crippen molar-refractivity contribution in [2.24, 2.45) is 0 Å². The highest BCUT2D eigenvalue weighted by Gasteiger charge is 2.17. The second-order valence-electron chi connectivity index (χ2n) is 5.95. The summed E-state index contributed by atoms with van der Waals surface area (Å²) in [6.45, 7) is 3.04. The van der Waals surface area contributed by atoms with E-state index in [4.69, 9.17) is 0 Å². The molecule has 7 heteroatoms. The van der Waals surface area contributed by atoms with E-state index in [1.54, 1.807) is 37.3 Å². The van der Waals surface area contributed by atoms with Crippen LogP contribution in [0.3, 0.4) is 0 Å². The summed E-state index contributed by atoms with van der Waals surface area (Å²) in [6.07, 6.45) is 0. The van der Waals surface area contributed by atoms with E-state index in [2.05, 4.69) is 10.4 Å². The number of hydrogen-bond acceptors (Lipinski definition) is 4. The van der Waals surface area contributed by atoms with Gasteiger partial charge in [-0.25, -0.2) is 9.07 Å². The van der Waals surface area contributed by atoms with Gasteiger partial charge < -0.3 is 5.32 Å². The van der Waals surface area contributed by atoms with Crippen LogP contribution >= 0.6 is 0 Å². The Bertz CT molecular complexity index is 1090. The van der Waals surface area contributed by atoms with Gasteiger partial charge in [-0.05, 0) is 50.2 Å². The Hall–Kier alpha value is -3.61. The second kappa shape index (κ2) is 7.33. The zero-order valence-corrected chi connectivity index (χ0v) is 14.7. The van der Waals surface area contributed by atoms with Crippen molar-refractivity contribution in [3.63, 3.8) is 0 Å². The maximum absolute atomic E-state index is 14.1. The Morgan fingerprint density at radius 2 is 1.74 bits per heavy atom. The number of carbonyl (C=O) groups is 2. The number of ketones is 1. The van der Waals surface area contributed by atoms with Gasteiger partial charge in [-0.3, -0.25) is 14.4 Å². The van der Waals surface area contributed by atoms with Crippen LogP contribution in [0.25, 0.3) is 5.69 Å². The van der Waals surface area contributed by atoms with Crippen molar-refractivity contribution in [2.75, 3.05) is 5.32 Å². The van der Waals surface area contributed by atoms with Gasteiger partial charge in [0.05, 0.1) is 0 Å². The lowest BCUT2D eigenvalue weighted by Gasteiger charge is -2.12. The summed E-state index contributed by atoms with van der Waals surface area (Å²) in [5.41, 5.74) is 0.507. The van der Waals surface area contributed by atoms with E-state index in [9.17, 15) is 18.8 Å². The number of amides is 1. The predicted molar refractivity (Wildman–Crippen MR) is 98.9 cm³/mol. The molecule has 3 aromatic rings. The summed E-state index contributed by atoms with van der Waals surface area (Å²) in [4.78, 5) is 36.0. The largest absolute Gasteiger partial charge is 0.320 e. The molecule has 0 aliphatic heterocycles. The molecule has 0 fully saturated rings. The number of halogens is 1. The Morgan fingerprint density at radius 3 is 2.37 bits per heavy atom. The number of hydrogen-bond donors (Lipinski definition) is 1. The highest BCUT2D eigenvalue weighted by molar-refractivity contribution is 6.03. The highest BCUT2D eigenvalue weighted by Crippen LogP contribution is 2.14. The third kappa shape index (κ3) is 3.82. The lowest BCUT2D eigenvalue weighted by Crippen LogP contribution is -2.27. The summed E-state index contributed by atoms with van der Waals surface area (Å²) >= 11 is 0. The topological polar surface area (TPSA) is 81.1 Å². The Labute approximate surface area is 154 Å². The van der Waals surface area contributed by atoms with Gasteiger partial charge >= 0.3 is 0 Å². The van der Waals surface area contributed by atoms with Crippen molar-refractivity contribution in [2.45, 2.75) is 13.8 Å². The molecule has 0 atom stereocenters. The lowest BCUT2D eigenvalue weighted by atomic mass is 10.1. The number of nitrogens with one attached hydrogen (secondary N) is 1. The van der Waals surface area contributed by atoms with Crippen molar-refractivity contribution in [1.82, 2.24) is 9.78 Å². The van der Waals surface area contributed by atoms with Crippen molar-refractivity contribution in [1.29, 1.82) is 0 Å². The first-order valence-corrected chi connectivity index (χ1v) is 8.15. The fraction of sp³-hybridized carbons (Fsp3) is 0.100. The van der Waals surface area contributed by atoms with E-state index < -0.39 is 17.2 Å². The molecular weight excluding hydrogens is 349 g/mol. The number of nitrogens with zero attached hydrogens (tertiary/aromatic N) is 2. The van der Waals surface area contributed by atoms with Crippen LogP contribution in [0.4, 0.5) is 10.1 Å². The van der Waals surface area contributed by atoms with E-state index in [1.165, 1.54) is 35.9 Å². The van der Waals surface area contributed by atoms with Crippen LogP contribution in [-0.2, 0) is 0 Å². The van der Waals surface area contributed by atoms with Gasteiger partial charge in [0.25, 0.3) is 5.91 Å². The molecule has 2 aromatic carbocycles. The molecule has 1 amide bonds. The van der Waals surface area contributed by atoms with E-state index in [-0.39, 0.29) is 17.2 Å². The van der Waals surface area contributed by atoms with E-state index in [0.717, 1.165) is 0 Å². The molecule has 0 saturated carbocycles. The Kier molecular flexibility index (Phi) is 4.94. The number of benzene rings is 2. The number of anilines is 1. The first-order chi connectivity index (χ1) is 12.9. The van der Waals surface area contributed by atoms with E-state index in [0.29, 0.717) is 16.9 Å². The molecule has 0 aliphatic rings. The van der Waals surface area contributed by atoms with E-state index >= 15 is 0 Å². The van der Waals surface area contributed by atoms with Crippen LogP contribution in [0.2, 0.25) is 0 Å². The Balaban J connectivity index is 1.95. The van der Waals surface area contributed by atoms with Gasteiger partial charge in [-0.2, -0.15) is 5.10 Å². The number of rotatable bonds is 4. The molecule has 136 valence electrons. The normalized spacial score (nSPS) is 10.5. The summed E-state index contributed by atoms with van der Waals surface area (Å²) < 4.78 is 15.3. The van der Waals surface area contributed by atoms with Gasteiger partial charge in [-0.15, -0.1) is 0 Å². The first kappa shape index (κ1) is 18.2. The Morgan fingerprint density at radius 1 is 1.07 bits per heavy atom. The number of carbonyl (C=O) groups excluding carboxylic acids is 2.